The molecular weight excluding hydrogens is 396 g/mol. The average molecular weight is 423 g/mol. The maximum absolute atomic E-state index is 12.7. The van der Waals surface area contributed by atoms with Crippen LogP contribution in [-0.2, 0) is 16.0 Å². The van der Waals surface area contributed by atoms with Crippen molar-refractivity contribution in [1.29, 1.82) is 0 Å². The van der Waals surface area contributed by atoms with E-state index in [1.54, 1.807) is 0 Å². The van der Waals surface area contributed by atoms with Crippen molar-refractivity contribution in [2.75, 3.05) is 6.54 Å². The fourth-order valence-corrected chi connectivity index (χ4v) is 3.84. The Hall–Kier alpha value is -3.92. The smallest absolute Gasteiger partial charge is 0.240 e. The molecule has 4 aromatic carbocycles. The van der Waals surface area contributed by atoms with Crippen LogP contribution in [-0.4, -0.2) is 18.4 Å². The zero-order valence-corrected chi connectivity index (χ0v) is 18.0. The van der Waals surface area contributed by atoms with Gasteiger partial charge in [-0.05, 0) is 34.4 Å². The highest BCUT2D eigenvalue weighted by Crippen LogP contribution is 2.22. The van der Waals surface area contributed by atoms with Crippen molar-refractivity contribution in [3.63, 3.8) is 0 Å². The van der Waals surface area contributed by atoms with E-state index in [9.17, 15) is 9.59 Å². The van der Waals surface area contributed by atoms with Crippen molar-refractivity contribution in [3.8, 4) is 0 Å². The summed E-state index contributed by atoms with van der Waals surface area (Å²) in [7, 11) is 0. The second kappa shape index (κ2) is 9.92. The quantitative estimate of drug-likeness (QED) is 0.453. The molecule has 160 valence electrons. The van der Waals surface area contributed by atoms with Gasteiger partial charge in [-0.2, -0.15) is 0 Å². The van der Waals surface area contributed by atoms with Gasteiger partial charge in [0.15, 0.2) is 0 Å². The molecule has 0 heterocycles. The summed E-state index contributed by atoms with van der Waals surface area (Å²) in [4.78, 5) is 25.2. The minimum Gasteiger partial charge on any atom is -0.347 e. The van der Waals surface area contributed by atoms with Crippen LogP contribution in [0.3, 0.4) is 0 Å². The topological polar surface area (TPSA) is 58.2 Å². The molecule has 0 aromatic heterocycles. The molecule has 0 aliphatic rings. The predicted octanol–water partition coefficient (Wildman–Crippen LogP) is 4.71. The number of amides is 2. The van der Waals surface area contributed by atoms with Gasteiger partial charge in [0.2, 0.25) is 11.8 Å². The molecule has 1 unspecified atom stereocenters. The Morgan fingerprint density at radius 2 is 1.38 bits per heavy atom. The first-order chi connectivity index (χ1) is 15.6. The number of fused-ring (bicyclic) bond motifs is 1. The van der Waals surface area contributed by atoms with Crippen LogP contribution in [0.2, 0.25) is 0 Å². The van der Waals surface area contributed by atoms with Crippen molar-refractivity contribution in [3.05, 3.63) is 119 Å². The molecule has 0 spiro atoms. The highest BCUT2D eigenvalue weighted by atomic mass is 16.2. The summed E-state index contributed by atoms with van der Waals surface area (Å²) in [6.07, 6.45) is 0.231. The Bertz CT molecular complexity index is 1210. The van der Waals surface area contributed by atoms with Crippen LogP contribution in [0.4, 0.5) is 0 Å². The summed E-state index contributed by atoms with van der Waals surface area (Å²) in [5.41, 5.74) is 4.10. The molecule has 0 aliphatic heterocycles. The molecule has 4 heteroatoms. The number of hydrogen-bond donors (Lipinski definition) is 2. The van der Waals surface area contributed by atoms with Gasteiger partial charge in [-0.1, -0.05) is 103 Å². The Morgan fingerprint density at radius 3 is 2.16 bits per heavy atom. The second-order valence-electron chi connectivity index (χ2n) is 7.91. The number of hydrogen-bond acceptors (Lipinski definition) is 2. The SMILES string of the molecule is Cc1ccc(C(NC(=O)CNC(=O)Cc2cccc3ccccc23)c2ccccc2)cc1. The van der Waals surface area contributed by atoms with Gasteiger partial charge >= 0.3 is 0 Å². The van der Waals surface area contributed by atoms with Crippen molar-refractivity contribution in [2.24, 2.45) is 0 Å². The van der Waals surface area contributed by atoms with Gasteiger partial charge in [0.05, 0.1) is 19.0 Å². The van der Waals surface area contributed by atoms with E-state index >= 15 is 0 Å². The van der Waals surface area contributed by atoms with E-state index in [-0.39, 0.29) is 30.8 Å². The van der Waals surface area contributed by atoms with Gasteiger partial charge in [0, 0.05) is 0 Å². The molecule has 4 nitrogen and oxygen atoms in total. The van der Waals surface area contributed by atoms with Crippen LogP contribution in [0.25, 0.3) is 10.8 Å². The summed E-state index contributed by atoms with van der Waals surface area (Å²) in [6, 6.07) is 31.6. The minimum absolute atomic E-state index is 0.0706. The molecular formula is C28H26N2O2. The lowest BCUT2D eigenvalue weighted by atomic mass is 9.98. The molecule has 2 N–H and O–H groups in total. The minimum atomic E-state index is -0.278. The first-order valence-electron chi connectivity index (χ1n) is 10.7. The summed E-state index contributed by atoms with van der Waals surface area (Å²) in [6.45, 7) is 1.96. The van der Waals surface area contributed by atoms with Gasteiger partial charge in [0.1, 0.15) is 0 Å². The lowest BCUT2D eigenvalue weighted by Crippen LogP contribution is -2.39. The van der Waals surface area contributed by atoms with E-state index in [2.05, 4.69) is 10.6 Å². The Kier molecular flexibility index (Phi) is 6.61. The van der Waals surface area contributed by atoms with E-state index in [4.69, 9.17) is 0 Å². The van der Waals surface area contributed by atoms with Crippen LogP contribution < -0.4 is 10.6 Å². The van der Waals surface area contributed by atoms with Crippen LogP contribution >= 0.6 is 0 Å². The molecule has 4 rings (SSSR count). The maximum Gasteiger partial charge on any atom is 0.240 e. The van der Waals surface area contributed by atoms with E-state index in [1.807, 2.05) is 104 Å². The summed E-state index contributed by atoms with van der Waals surface area (Å²) in [5, 5.41) is 7.98. The molecule has 2 amide bonds. The molecule has 1 atom stereocenters. The van der Waals surface area contributed by atoms with E-state index in [0.717, 1.165) is 33.0 Å². The van der Waals surface area contributed by atoms with E-state index < -0.39 is 0 Å². The number of carbonyl (C=O) groups excluding carboxylic acids is 2. The predicted molar refractivity (Wildman–Crippen MR) is 128 cm³/mol. The van der Waals surface area contributed by atoms with E-state index in [0.29, 0.717) is 0 Å². The molecule has 32 heavy (non-hydrogen) atoms. The molecule has 0 bridgehead atoms. The summed E-state index contributed by atoms with van der Waals surface area (Å²) < 4.78 is 0. The van der Waals surface area contributed by atoms with Crippen molar-refractivity contribution < 1.29 is 9.59 Å². The number of rotatable bonds is 7. The monoisotopic (exact) mass is 422 g/mol. The molecule has 0 fully saturated rings. The standard InChI is InChI=1S/C28H26N2O2/c1-20-14-16-23(17-15-20)28(22-9-3-2-4-10-22)30-27(32)19-29-26(31)18-24-12-7-11-21-8-5-6-13-25(21)24/h2-17,28H,18-19H2,1H3,(H,29,31)(H,30,32). The molecule has 0 aliphatic carbocycles. The fraction of sp³-hybridized carbons (Fsp3) is 0.143. The fourth-order valence-electron chi connectivity index (χ4n) is 3.84. The summed E-state index contributed by atoms with van der Waals surface area (Å²) >= 11 is 0. The van der Waals surface area contributed by atoms with Gasteiger partial charge in [-0.15, -0.1) is 0 Å². The Labute approximate surface area is 188 Å². The second-order valence-corrected chi connectivity index (χ2v) is 7.91. The van der Waals surface area contributed by atoms with Gasteiger partial charge in [-0.25, -0.2) is 0 Å². The number of aryl methyl sites for hydroxylation is 1. The number of nitrogens with one attached hydrogen (secondary N) is 2. The van der Waals surface area contributed by atoms with Crippen LogP contribution in [0.1, 0.15) is 28.3 Å². The van der Waals surface area contributed by atoms with Gasteiger partial charge in [-0.3, -0.25) is 9.59 Å². The highest BCUT2D eigenvalue weighted by Gasteiger charge is 2.17. The van der Waals surface area contributed by atoms with Crippen molar-refractivity contribution in [2.45, 2.75) is 19.4 Å². The third kappa shape index (κ3) is 5.22. The van der Waals surface area contributed by atoms with Gasteiger partial charge < -0.3 is 10.6 Å². The number of carbonyl (C=O) groups is 2. The third-order valence-electron chi connectivity index (χ3n) is 5.53. The molecule has 0 saturated carbocycles. The first-order valence-corrected chi connectivity index (χ1v) is 10.7. The zero-order valence-electron chi connectivity index (χ0n) is 18.0. The van der Waals surface area contributed by atoms with Gasteiger partial charge in [0.25, 0.3) is 0 Å². The zero-order chi connectivity index (χ0) is 22.3. The molecule has 0 saturated heterocycles. The Balaban J connectivity index is 1.41. The lowest BCUT2D eigenvalue weighted by molar-refractivity contribution is -0.126. The first kappa shape index (κ1) is 21.3. The summed E-state index contributed by atoms with van der Waals surface area (Å²) in [5.74, 6) is -0.409. The largest absolute Gasteiger partial charge is 0.347 e. The van der Waals surface area contributed by atoms with E-state index in [1.165, 1.54) is 0 Å². The highest BCUT2D eigenvalue weighted by molar-refractivity contribution is 5.91. The van der Waals surface area contributed by atoms with Crippen LogP contribution in [0, 0.1) is 6.92 Å². The molecule has 4 aromatic rings. The van der Waals surface area contributed by atoms with Crippen LogP contribution in [0.5, 0.6) is 0 Å². The molecule has 0 radical (unpaired) electrons. The third-order valence-corrected chi connectivity index (χ3v) is 5.53. The Morgan fingerprint density at radius 1 is 0.719 bits per heavy atom. The van der Waals surface area contributed by atoms with Crippen LogP contribution in [0.15, 0.2) is 97.1 Å². The lowest BCUT2D eigenvalue weighted by Gasteiger charge is -2.20. The van der Waals surface area contributed by atoms with Crippen molar-refractivity contribution in [1.82, 2.24) is 10.6 Å². The maximum atomic E-state index is 12.7. The average Bonchev–Trinajstić information content (AvgIpc) is 2.83. The number of benzene rings is 4. The normalized spacial score (nSPS) is 11.7. The van der Waals surface area contributed by atoms with Crippen molar-refractivity contribution >= 4 is 22.6 Å².